The van der Waals surface area contributed by atoms with Crippen molar-refractivity contribution in [2.75, 3.05) is 24.5 Å². The first-order valence-corrected chi connectivity index (χ1v) is 12.1. The highest BCUT2D eigenvalue weighted by Crippen LogP contribution is 2.29. The summed E-state index contributed by atoms with van der Waals surface area (Å²) in [5.41, 5.74) is 0.671. The average Bonchev–Trinajstić information content (AvgIpc) is 2.75. The number of hydrogen-bond acceptors (Lipinski definition) is 5. The van der Waals surface area contributed by atoms with Crippen LogP contribution in [0.4, 0.5) is 19.0 Å². The van der Waals surface area contributed by atoms with E-state index in [0.717, 1.165) is 17.8 Å². The van der Waals surface area contributed by atoms with Crippen molar-refractivity contribution < 1.29 is 26.4 Å². The Labute approximate surface area is 191 Å². The van der Waals surface area contributed by atoms with Gasteiger partial charge in [0.2, 0.25) is 15.9 Å². The van der Waals surface area contributed by atoms with E-state index in [2.05, 4.69) is 15.0 Å². The Bertz CT molecular complexity index is 1080. The van der Waals surface area contributed by atoms with E-state index in [1.807, 2.05) is 17.9 Å². The molecule has 0 saturated carbocycles. The summed E-state index contributed by atoms with van der Waals surface area (Å²) in [7, 11) is -3.71. The van der Waals surface area contributed by atoms with Gasteiger partial charge in [0.15, 0.2) is 0 Å². The number of piperidine rings is 1. The van der Waals surface area contributed by atoms with E-state index >= 15 is 0 Å². The number of sulfonamides is 1. The average molecular weight is 485 g/mol. The Morgan fingerprint density at radius 3 is 2.45 bits per heavy atom. The Balaban J connectivity index is 1.43. The van der Waals surface area contributed by atoms with Crippen LogP contribution < -0.4 is 14.9 Å². The summed E-state index contributed by atoms with van der Waals surface area (Å²) in [6, 6.07) is 7.44. The number of halogens is 3. The molecule has 180 valence electrons. The molecule has 1 saturated heterocycles. The predicted octanol–water partition coefficient (Wildman–Crippen LogP) is 3.17. The van der Waals surface area contributed by atoms with Crippen molar-refractivity contribution in [1.82, 2.24) is 15.0 Å². The van der Waals surface area contributed by atoms with Gasteiger partial charge in [-0.25, -0.2) is 18.1 Å². The maximum Gasteiger partial charge on any atom is 0.417 e. The summed E-state index contributed by atoms with van der Waals surface area (Å²) < 4.78 is 65.5. The second kappa shape index (κ2) is 10.1. The van der Waals surface area contributed by atoms with Gasteiger partial charge in [0, 0.05) is 38.3 Å². The van der Waals surface area contributed by atoms with Gasteiger partial charge in [-0.15, -0.1) is 0 Å². The molecular weight excluding hydrogens is 457 g/mol. The maximum atomic E-state index is 12.7. The molecule has 1 amide bonds. The lowest BCUT2D eigenvalue weighted by Gasteiger charge is -2.33. The number of nitrogens with one attached hydrogen (secondary N) is 2. The number of hydrogen-bond donors (Lipinski definition) is 2. The van der Waals surface area contributed by atoms with Crippen LogP contribution in [0, 0.1) is 13.8 Å². The van der Waals surface area contributed by atoms with Gasteiger partial charge in [-0.2, -0.15) is 13.2 Å². The van der Waals surface area contributed by atoms with Crippen molar-refractivity contribution in [1.29, 1.82) is 0 Å². The van der Waals surface area contributed by atoms with Crippen molar-refractivity contribution in [2.24, 2.45) is 0 Å². The SMILES string of the molecule is Cc1ccc(C)c(S(=O)(=O)NCCC(=O)NC2CCN(c3ccc(C(F)(F)F)cn3)CC2)c1. The number of nitrogens with zero attached hydrogens (tertiary/aromatic N) is 2. The van der Waals surface area contributed by atoms with E-state index in [4.69, 9.17) is 0 Å². The molecule has 0 spiro atoms. The molecule has 2 heterocycles. The molecule has 33 heavy (non-hydrogen) atoms. The van der Waals surface area contributed by atoms with E-state index in [1.165, 1.54) is 6.07 Å². The fraction of sp³-hybridized carbons (Fsp3) is 0.455. The molecule has 0 atom stereocenters. The molecule has 0 aliphatic carbocycles. The lowest BCUT2D eigenvalue weighted by atomic mass is 10.0. The van der Waals surface area contributed by atoms with Crippen LogP contribution in [0.2, 0.25) is 0 Å². The second-order valence-electron chi connectivity index (χ2n) is 8.15. The van der Waals surface area contributed by atoms with Crippen LogP contribution >= 0.6 is 0 Å². The smallest absolute Gasteiger partial charge is 0.356 e. The number of aryl methyl sites for hydroxylation is 2. The lowest BCUT2D eigenvalue weighted by Crippen LogP contribution is -2.45. The molecule has 0 bridgehead atoms. The summed E-state index contributed by atoms with van der Waals surface area (Å²) in [6.07, 6.45) is -2.37. The lowest BCUT2D eigenvalue weighted by molar-refractivity contribution is -0.137. The molecule has 7 nitrogen and oxygen atoms in total. The van der Waals surface area contributed by atoms with Gasteiger partial charge >= 0.3 is 6.18 Å². The third-order valence-corrected chi connectivity index (χ3v) is 7.14. The van der Waals surface area contributed by atoms with Gasteiger partial charge in [-0.05, 0) is 56.0 Å². The van der Waals surface area contributed by atoms with Crippen LogP contribution in [-0.4, -0.2) is 45.0 Å². The molecule has 2 N–H and O–H groups in total. The van der Waals surface area contributed by atoms with Crippen LogP contribution in [0.5, 0.6) is 0 Å². The Kier molecular flexibility index (Phi) is 7.63. The normalized spacial score (nSPS) is 15.5. The second-order valence-corrected chi connectivity index (χ2v) is 9.88. The van der Waals surface area contributed by atoms with Gasteiger partial charge in [0.25, 0.3) is 0 Å². The molecular formula is C22H27F3N4O3S. The number of carbonyl (C=O) groups is 1. The van der Waals surface area contributed by atoms with Crippen LogP contribution in [0.3, 0.4) is 0 Å². The van der Waals surface area contributed by atoms with Crippen LogP contribution in [0.15, 0.2) is 41.4 Å². The molecule has 1 aliphatic rings. The largest absolute Gasteiger partial charge is 0.417 e. The molecule has 1 aromatic heterocycles. The van der Waals surface area contributed by atoms with Crippen molar-refractivity contribution in [3.05, 3.63) is 53.2 Å². The third-order valence-electron chi connectivity index (χ3n) is 5.54. The third kappa shape index (κ3) is 6.67. The van der Waals surface area contributed by atoms with E-state index < -0.39 is 21.8 Å². The molecule has 1 fully saturated rings. The zero-order chi connectivity index (χ0) is 24.2. The van der Waals surface area contributed by atoms with E-state index in [0.29, 0.717) is 37.3 Å². The minimum atomic E-state index is -4.42. The fourth-order valence-electron chi connectivity index (χ4n) is 3.67. The Hall–Kier alpha value is -2.66. The predicted molar refractivity (Wildman–Crippen MR) is 118 cm³/mol. The quantitative estimate of drug-likeness (QED) is 0.630. The summed E-state index contributed by atoms with van der Waals surface area (Å²) in [6.45, 7) is 4.60. The first-order chi connectivity index (χ1) is 15.5. The van der Waals surface area contributed by atoms with Crippen molar-refractivity contribution in [2.45, 2.75) is 50.2 Å². The standard InChI is InChI=1S/C22H27F3N4O3S/c1-15-3-4-16(2)19(13-15)33(31,32)27-10-7-21(30)28-18-8-11-29(12-9-18)20-6-5-17(14-26-20)22(23,24)25/h3-6,13-14,18,27H,7-12H2,1-2H3,(H,28,30). The topological polar surface area (TPSA) is 91.4 Å². The van der Waals surface area contributed by atoms with E-state index in [-0.39, 0.29) is 29.8 Å². The van der Waals surface area contributed by atoms with Crippen molar-refractivity contribution in [3.63, 3.8) is 0 Å². The molecule has 11 heteroatoms. The molecule has 1 aliphatic heterocycles. The highest BCUT2D eigenvalue weighted by atomic mass is 32.2. The van der Waals surface area contributed by atoms with Crippen molar-refractivity contribution in [3.8, 4) is 0 Å². The highest BCUT2D eigenvalue weighted by molar-refractivity contribution is 7.89. The minimum absolute atomic E-state index is 0.00473. The molecule has 0 radical (unpaired) electrons. The van der Waals surface area contributed by atoms with Crippen LogP contribution in [0.25, 0.3) is 0 Å². The zero-order valence-corrected chi connectivity index (χ0v) is 19.3. The summed E-state index contributed by atoms with van der Waals surface area (Å²) >= 11 is 0. The summed E-state index contributed by atoms with van der Waals surface area (Å²) in [5, 5.41) is 2.90. The van der Waals surface area contributed by atoms with Gasteiger partial charge in [-0.1, -0.05) is 12.1 Å². The number of anilines is 1. The van der Waals surface area contributed by atoms with E-state index in [9.17, 15) is 26.4 Å². The van der Waals surface area contributed by atoms with Gasteiger partial charge in [0.05, 0.1) is 10.5 Å². The molecule has 0 unspecified atom stereocenters. The maximum absolute atomic E-state index is 12.7. The van der Waals surface area contributed by atoms with E-state index in [1.54, 1.807) is 19.1 Å². The van der Waals surface area contributed by atoms with Gasteiger partial charge in [-0.3, -0.25) is 4.79 Å². The number of carbonyl (C=O) groups excluding carboxylic acids is 1. The number of amides is 1. The minimum Gasteiger partial charge on any atom is -0.356 e. The fourth-order valence-corrected chi connectivity index (χ4v) is 5.03. The molecule has 2 aromatic rings. The van der Waals surface area contributed by atoms with Crippen LogP contribution in [-0.2, 0) is 21.0 Å². The Morgan fingerprint density at radius 1 is 1.15 bits per heavy atom. The van der Waals surface area contributed by atoms with Gasteiger partial charge in [0.1, 0.15) is 5.82 Å². The number of benzene rings is 1. The van der Waals surface area contributed by atoms with Gasteiger partial charge < -0.3 is 10.2 Å². The number of aromatic nitrogens is 1. The zero-order valence-electron chi connectivity index (χ0n) is 18.4. The summed E-state index contributed by atoms with van der Waals surface area (Å²) in [4.78, 5) is 18.2. The first-order valence-electron chi connectivity index (χ1n) is 10.6. The van der Waals surface area contributed by atoms with Crippen LogP contribution in [0.1, 0.15) is 36.0 Å². The highest BCUT2D eigenvalue weighted by Gasteiger charge is 2.31. The Morgan fingerprint density at radius 2 is 1.85 bits per heavy atom. The summed E-state index contributed by atoms with van der Waals surface area (Å²) in [5.74, 6) is 0.207. The number of rotatable bonds is 7. The van der Waals surface area contributed by atoms with Crippen molar-refractivity contribution >= 4 is 21.7 Å². The number of pyridine rings is 1. The molecule has 3 rings (SSSR count). The number of alkyl halides is 3. The monoisotopic (exact) mass is 484 g/mol. The molecule has 1 aromatic carbocycles. The first kappa shape index (κ1) is 25.0.